The summed E-state index contributed by atoms with van der Waals surface area (Å²) in [4.78, 5) is 53.6. The van der Waals surface area contributed by atoms with Crippen LogP contribution >= 0.6 is 0 Å². The molecule has 0 saturated carbocycles. The number of nitrogens with zero attached hydrogens (tertiary/aromatic N) is 3. The largest absolute Gasteiger partial charge is 0.499 e. The number of aromatic nitrogens is 1. The van der Waals surface area contributed by atoms with Gasteiger partial charge in [-0.3, -0.25) is 29.2 Å². The van der Waals surface area contributed by atoms with Gasteiger partial charge in [0, 0.05) is 76.3 Å². The van der Waals surface area contributed by atoms with Crippen molar-refractivity contribution in [1.82, 2.24) is 4.98 Å². The van der Waals surface area contributed by atoms with Gasteiger partial charge in [-0.15, -0.1) is 6.58 Å². The molecule has 1 heterocycles. The number of rotatable bonds is 38. The number of aliphatic carboxylic acids is 1. The number of aliphatic imine (C=N–C) groups is 2. The number of esters is 3. The molecule has 1 aromatic rings. The smallest absolute Gasteiger partial charge is 0.303 e. The van der Waals surface area contributed by atoms with Crippen LogP contribution in [0.25, 0.3) is 0 Å². The average molecular weight is 1170 g/mol. The van der Waals surface area contributed by atoms with Crippen LogP contribution in [0.5, 0.6) is 0 Å². The van der Waals surface area contributed by atoms with E-state index in [9.17, 15) is 19.2 Å². The average Bonchev–Trinajstić information content (AvgIpc) is 3.40. The molecule has 19 nitrogen and oxygen atoms in total. The van der Waals surface area contributed by atoms with E-state index < -0.39 is 12.3 Å². The summed E-state index contributed by atoms with van der Waals surface area (Å²) in [5.74, 6) is -1.51. The third-order valence-electron chi connectivity index (χ3n) is 9.02. The van der Waals surface area contributed by atoms with E-state index in [0.717, 1.165) is 61.5 Å². The number of aliphatic hydroxyl groups is 2. The Hall–Kier alpha value is -3.91. The summed E-state index contributed by atoms with van der Waals surface area (Å²) in [6.45, 7) is 26.9. The second-order valence-corrected chi connectivity index (χ2v) is 16.8. The van der Waals surface area contributed by atoms with Gasteiger partial charge in [0.1, 0.15) is 26.4 Å². The predicted molar refractivity (Wildman–Crippen MR) is 309 cm³/mol. The van der Waals surface area contributed by atoms with Crippen LogP contribution in [0.3, 0.4) is 0 Å². The second-order valence-electron chi connectivity index (χ2n) is 15.8. The molecule has 0 fully saturated rings. The molecule has 1 radical (unpaired) electrons. The molecule has 77 heavy (non-hydrogen) atoms. The first-order valence-corrected chi connectivity index (χ1v) is 28.2. The first-order valence-electron chi connectivity index (χ1n) is 27.5. The number of carbonyl (C=O) groups is 4. The molecule has 0 bridgehead atoms. The van der Waals surface area contributed by atoms with Crippen molar-refractivity contribution in [3.63, 3.8) is 0 Å². The van der Waals surface area contributed by atoms with E-state index in [1.807, 2.05) is 39.0 Å². The summed E-state index contributed by atoms with van der Waals surface area (Å²) < 4.78 is 50.9. The Bertz CT molecular complexity index is 1520. The topological polar surface area (TPSA) is 250 Å². The molecule has 1 aromatic heterocycles. The van der Waals surface area contributed by atoms with Crippen molar-refractivity contribution >= 4 is 45.5 Å². The normalized spacial score (nSPS) is 10.5. The molecule has 0 atom stereocenters. The third-order valence-corrected chi connectivity index (χ3v) is 9.73. The van der Waals surface area contributed by atoms with Crippen molar-refractivity contribution < 1.29 is 95.3 Å². The van der Waals surface area contributed by atoms with Crippen molar-refractivity contribution in [2.24, 2.45) is 9.98 Å². The van der Waals surface area contributed by atoms with E-state index in [0.29, 0.717) is 106 Å². The Morgan fingerprint density at radius 2 is 1.04 bits per heavy atom. The van der Waals surface area contributed by atoms with E-state index >= 15 is 0 Å². The van der Waals surface area contributed by atoms with Crippen LogP contribution in [-0.2, 0) is 78.6 Å². The van der Waals surface area contributed by atoms with Crippen LogP contribution in [0.1, 0.15) is 165 Å². The number of aliphatic hydroxyl groups excluding tert-OH is 1. The molecule has 0 aliphatic rings. The predicted octanol–water partition coefficient (Wildman–Crippen LogP) is 8.71. The van der Waals surface area contributed by atoms with Crippen molar-refractivity contribution in [2.45, 2.75) is 165 Å². The number of allylic oxidation sites excluding steroid dienone is 1. The summed E-state index contributed by atoms with van der Waals surface area (Å²) in [7, 11) is 4.78. The molecular weight excluding hydrogens is 1060 g/mol. The number of hydrogen-bond donors (Lipinski definition) is 3. The number of ether oxygens (including phenoxy) is 9. The minimum Gasteiger partial charge on any atom is -0.499 e. The summed E-state index contributed by atoms with van der Waals surface area (Å²) >= 11 is 0. The Morgan fingerprint density at radius 3 is 1.40 bits per heavy atom. The molecule has 0 amide bonds. The molecule has 0 unspecified atom stereocenters. The SMILES string of the molecule is C=CCOCCOCCOC(C)=O.CC(=O)OCCOCCOCCC[SiH3].CC=COCCOCCOC(C)=O.CCCCCCCC(=O)O.CCCCCCCC(O)O.CN=C(C)c1cccc(C(C)=NC)n1.[2H]CC.[Co]. The van der Waals surface area contributed by atoms with Crippen LogP contribution in [0.4, 0.5) is 0 Å². The fraction of sp³-hybridized carbons (Fsp3) is 0.732. The Labute approximate surface area is 480 Å². The maximum absolute atomic E-state index is 10.4. The van der Waals surface area contributed by atoms with Gasteiger partial charge in [0.05, 0.1) is 88.5 Å². The van der Waals surface area contributed by atoms with Crippen LogP contribution in [0, 0.1) is 0 Å². The maximum Gasteiger partial charge on any atom is 0.303 e. The Balaban J connectivity index is -0.000000154. The summed E-state index contributed by atoms with van der Waals surface area (Å²) in [6.07, 6.45) is 17.4. The Morgan fingerprint density at radius 1 is 0.649 bits per heavy atom. The zero-order valence-electron chi connectivity index (χ0n) is 50.6. The number of pyridine rings is 1. The fourth-order valence-electron chi connectivity index (χ4n) is 4.94. The summed E-state index contributed by atoms with van der Waals surface area (Å²) in [6, 6.07) is 7.16. The van der Waals surface area contributed by atoms with Crippen LogP contribution in [0.15, 0.2) is 53.2 Å². The van der Waals surface area contributed by atoms with Gasteiger partial charge in [0.15, 0.2) is 6.29 Å². The molecule has 0 aliphatic carbocycles. The molecule has 1 rings (SSSR count). The van der Waals surface area contributed by atoms with E-state index in [4.69, 9.17) is 45.1 Å². The van der Waals surface area contributed by atoms with Gasteiger partial charge in [-0.1, -0.05) is 103 Å². The van der Waals surface area contributed by atoms with E-state index in [1.165, 1.54) is 75.6 Å². The van der Waals surface area contributed by atoms with Gasteiger partial charge >= 0.3 is 23.9 Å². The van der Waals surface area contributed by atoms with Crippen LogP contribution < -0.4 is 0 Å². The van der Waals surface area contributed by atoms with E-state index in [2.05, 4.69) is 49.6 Å². The fourth-order valence-corrected chi connectivity index (χ4v) is 5.23. The monoisotopic (exact) mass is 1170 g/mol. The van der Waals surface area contributed by atoms with Crippen LogP contribution in [-0.4, -0.2) is 179 Å². The van der Waals surface area contributed by atoms with Gasteiger partial charge in [-0.25, -0.2) is 4.98 Å². The zero-order chi connectivity index (χ0) is 59.4. The van der Waals surface area contributed by atoms with Gasteiger partial charge < -0.3 is 58.0 Å². The van der Waals surface area contributed by atoms with Crippen molar-refractivity contribution in [3.05, 3.63) is 54.6 Å². The van der Waals surface area contributed by atoms with Gasteiger partial charge in [-0.05, 0) is 58.6 Å². The van der Waals surface area contributed by atoms with E-state index in [1.54, 1.807) is 39.4 Å². The number of carboxylic acid groups (broad SMARTS) is 1. The van der Waals surface area contributed by atoms with E-state index in [-0.39, 0.29) is 34.7 Å². The quantitative estimate of drug-likeness (QED) is 0.00818. The number of unbranched alkanes of at least 4 members (excludes halogenated alkanes) is 8. The zero-order valence-corrected chi connectivity index (χ0v) is 52.6. The molecule has 0 aliphatic heterocycles. The van der Waals surface area contributed by atoms with Crippen molar-refractivity contribution in [2.75, 3.05) is 107 Å². The molecule has 0 spiro atoms. The molecular formula is C56H107CoN3O16Si. The second kappa shape index (κ2) is 76.3. The maximum atomic E-state index is 10.4. The van der Waals surface area contributed by atoms with Gasteiger partial charge in [0.2, 0.25) is 0 Å². The minimum atomic E-state index is -1.10. The standard InChI is InChI=1S/C11H15N3.C9H20O4Si.2C9H16O4.C8H18O2.C8H16O2.C2H6.Co/c1-8(12-3)10-6-5-7-11(14-10)9(2)13-4;1-9(10)13-7-6-12-5-4-11-3-2-8-14;2*1-3-4-11-5-6-12-7-8-13-9(2)10;2*1-2-3-4-5-6-7-8(9)10;1-2;/h5-7H,1-4H3;2-8H2,1,14H3;3-4H,5-8H2,1-2H3;3H,1,4-8H2,2H3;8-10H,2-7H2,1H3;2-7H2,1H3,(H,9,10);1-2H3;/i;;;;;;1D;. The molecule has 0 saturated heterocycles. The molecule has 3 N–H and O–H groups in total. The molecule has 0 aromatic carbocycles. The van der Waals surface area contributed by atoms with Gasteiger partial charge in [-0.2, -0.15) is 0 Å². The summed E-state index contributed by atoms with van der Waals surface area (Å²) in [5.41, 5.74) is 3.70. The number of carbonyl (C=O) groups excluding carboxylic acids is 3. The minimum absolute atomic E-state index is 0. The summed E-state index contributed by atoms with van der Waals surface area (Å²) in [5, 5.41) is 25.2. The third kappa shape index (κ3) is 89.0. The van der Waals surface area contributed by atoms with Gasteiger partial charge in [0.25, 0.3) is 0 Å². The Kier molecular flexibility index (Phi) is 83.7. The number of hydrogen-bond acceptors (Lipinski definition) is 18. The van der Waals surface area contributed by atoms with Crippen LogP contribution in [0.2, 0.25) is 6.04 Å². The molecule has 21 heteroatoms. The first kappa shape index (κ1) is 84.4. The van der Waals surface area contributed by atoms with Crippen molar-refractivity contribution in [3.8, 4) is 0 Å². The first-order chi connectivity index (χ1) is 36.9. The number of carboxylic acids is 1. The van der Waals surface area contributed by atoms with Crippen molar-refractivity contribution in [1.29, 1.82) is 0 Å². The molecule has 455 valence electrons.